The molecule has 5 heteroatoms. The molecule has 0 bridgehead atoms. The highest BCUT2D eigenvalue weighted by Crippen LogP contribution is 2.31. The number of hydrogen-bond donors (Lipinski definition) is 1. The van der Waals surface area contributed by atoms with Gasteiger partial charge in [-0.3, -0.25) is 4.90 Å². The molecule has 2 aliphatic rings. The van der Waals surface area contributed by atoms with Crippen molar-refractivity contribution in [3.63, 3.8) is 0 Å². The largest absolute Gasteiger partial charge is 0.431 e. The monoisotopic (exact) mass is 379 g/mol. The summed E-state index contributed by atoms with van der Waals surface area (Å²) in [5.41, 5.74) is 2.35. The molecule has 0 saturated carbocycles. The van der Waals surface area contributed by atoms with Crippen molar-refractivity contribution >= 4 is 21.6 Å². The van der Waals surface area contributed by atoms with Crippen LogP contribution in [0.5, 0.6) is 10.9 Å². The zero-order valence-corrected chi connectivity index (χ0v) is 16.3. The molecule has 2 fully saturated rings. The minimum absolute atomic E-state index is 0.704. The topological polar surface area (TPSA) is 37.4 Å². The summed E-state index contributed by atoms with van der Waals surface area (Å²) in [5, 5.41) is 4.40. The molecular weight excluding hydrogens is 354 g/mol. The van der Waals surface area contributed by atoms with Gasteiger partial charge in [0.15, 0.2) is 0 Å². The van der Waals surface area contributed by atoms with Crippen LogP contribution in [0.1, 0.15) is 24.8 Å². The summed E-state index contributed by atoms with van der Waals surface area (Å²) in [4.78, 5) is 7.15. The van der Waals surface area contributed by atoms with Gasteiger partial charge < -0.3 is 10.1 Å². The first-order valence-electron chi connectivity index (χ1n) is 9.91. The van der Waals surface area contributed by atoms with Crippen LogP contribution in [0.25, 0.3) is 10.2 Å². The second-order valence-electron chi connectivity index (χ2n) is 7.68. The van der Waals surface area contributed by atoms with Crippen molar-refractivity contribution < 1.29 is 4.74 Å². The lowest BCUT2D eigenvalue weighted by molar-refractivity contribution is 0.109. The first-order chi connectivity index (χ1) is 13.3. The highest BCUT2D eigenvalue weighted by atomic mass is 32.1. The summed E-state index contributed by atoms with van der Waals surface area (Å²) in [7, 11) is 0. The predicted molar refractivity (Wildman–Crippen MR) is 111 cm³/mol. The molecule has 27 heavy (non-hydrogen) atoms. The number of likely N-dealkylation sites (tertiary alicyclic amines) is 1. The minimum atomic E-state index is 0.704. The molecule has 2 saturated heterocycles. The molecule has 0 spiro atoms. The molecule has 0 radical (unpaired) electrons. The zero-order valence-electron chi connectivity index (χ0n) is 15.4. The lowest BCUT2D eigenvalue weighted by Gasteiger charge is -2.41. The van der Waals surface area contributed by atoms with Crippen molar-refractivity contribution in [2.45, 2.75) is 31.8 Å². The maximum Gasteiger partial charge on any atom is 0.279 e. The van der Waals surface area contributed by atoms with E-state index >= 15 is 0 Å². The van der Waals surface area contributed by atoms with Gasteiger partial charge in [0.2, 0.25) is 0 Å². The summed E-state index contributed by atoms with van der Waals surface area (Å²) < 4.78 is 7.12. The number of aromatic nitrogens is 1. The minimum Gasteiger partial charge on any atom is -0.431 e. The number of thiazole rings is 1. The van der Waals surface area contributed by atoms with Crippen LogP contribution in [0.3, 0.4) is 0 Å². The fraction of sp³-hybridized carbons (Fsp3) is 0.409. The molecule has 5 rings (SSSR count). The fourth-order valence-electron chi connectivity index (χ4n) is 4.38. The molecule has 3 heterocycles. The summed E-state index contributed by atoms with van der Waals surface area (Å²) >= 11 is 1.59. The zero-order chi connectivity index (χ0) is 18.1. The van der Waals surface area contributed by atoms with Crippen molar-refractivity contribution in [2.75, 3.05) is 19.6 Å². The van der Waals surface area contributed by atoms with Crippen molar-refractivity contribution in [3.8, 4) is 10.9 Å². The molecule has 1 N–H and O–H groups in total. The van der Waals surface area contributed by atoms with E-state index in [0.717, 1.165) is 34.5 Å². The Morgan fingerprint density at radius 1 is 1.11 bits per heavy atom. The molecule has 140 valence electrons. The lowest BCUT2D eigenvalue weighted by Crippen LogP contribution is -2.51. The Labute approximate surface area is 164 Å². The van der Waals surface area contributed by atoms with E-state index in [1.807, 2.05) is 18.2 Å². The predicted octanol–water partition coefficient (Wildman–Crippen LogP) is 4.66. The van der Waals surface area contributed by atoms with E-state index in [1.165, 1.54) is 44.5 Å². The molecular formula is C22H25N3OS. The third-order valence-corrected chi connectivity index (χ3v) is 6.70. The SMILES string of the molecule is c1ccc2sc(Oc3ccc(CN4CC[C@@H]5NCCC[C@@H]5C4)cc3)nc2c1. The number of nitrogens with zero attached hydrogens (tertiary/aromatic N) is 2. The quantitative estimate of drug-likeness (QED) is 0.715. The molecule has 0 amide bonds. The van der Waals surface area contributed by atoms with E-state index < -0.39 is 0 Å². The van der Waals surface area contributed by atoms with Crippen LogP contribution in [0, 0.1) is 5.92 Å². The summed E-state index contributed by atoms with van der Waals surface area (Å²) in [6, 6.07) is 17.4. The van der Waals surface area contributed by atoms with Gasteiger partial charge in [0, 0.05) is 19.1 Å². The molecule has 2 aromatic carbocycles. The van der Waals surface area contributed by atoms with Crippen LogP contribution in [-0.4, -0.2) is 35.6 Å². The van der Waals surface area contributed by atoms with E-state index in [9.17, 15) is 0 Å². The van der Waals surface area contributed by atoms with Gasteiger partial charge in [-0.2, -0.15) is 0 Å². The number of rotatable bonds is 4. The van der Waals surface area contributed by atoms with Gasteiger partial charge in [-0.25, -0.2) is 4.98 Å². The van der Waals surface area contributed by atoms with E-state index in [1.54, 1.807) is 11.3 Å². The van der Waals surface area contributed by atoms with E-state index in [-0.39, 0.29) is 0 Å². The summed E-state index contributed by atoms with van der Waals surface area (Å²) in [5.74, 6) is 1.68. The Balaban J connectivity index is 1.21. The average molecular weight is 380 g/mol. The normalized spacial score (nSPS) is 23.3. The Morgan fingerprint density at radius 2 is 2.00 bits per heavy atom. The lowest BCUT2D eigenvalue weighted by atomic mass is 9.85. The smallest absolute Gasteiger partial charge is 0.279 e. The number of piperidine rings is 2. The number of para-hydroxylation sites is 1. The second kappa shape index (κ2) is 7.58. The average Bonchev–Trinajstić information content (AvgIpc) is 3.12. The Morgan fingerprint density at radius 3 is 2.89 bits per heavy atom. The molecule has 4 nitrogen and oxygen atoms in total. The van der Waals surface area contributed by atoms with Crippen LogP contribution >= 0.6 is 11.3 Å². The fourth-order valence-corrected chi connectivity index (χ4v) is 5.22. The maximum atomic E-state index is 5.96. The highest BCUT2D eigenvalue weighted by Gasteiger charge is 2.30. The van der Waals surface area contributed by atoms with Gasteiger partial charge >= 0.3 is 0 Å². The van der Waals surface area contributed by atoms with Crippen LogP contribution in [0.2, 0.25) is 0 Å². The van der Waals surface area contributed by atoms with Crippen molar-refractivity contribution in [3.05, 3.63) is 54.1 Å². The Kier molecular flexibility index (Phi) is 4.82. The van der Waals surface area contributed by atoms with Crippen molar-refractivity contribution in [1.82, 2.24) is 15.2 Å². The summed E-state index contributed by atoms with van der Waals surface area (Å²) in [6.07, 6.45) is 3.99. The number of ether oxygens (including phenoxy) is 1. The van der Waals surface area contributed by atoms with Gasteiger partial charge in [-0.1, -0.05) is 35.6 Å². The number of nitrogens with one attached hydrogen (secondary N) is 1. The van der Waals surface area contributed by atoms with Gasteiger partial charge in [-0.05, 0) is 68.1 Å². The first kappa shape index (κ1) is 17.2. The second-order valence-corrected chi connectivity index (χ2v) is 8.67. The van der Waals surface area contributed by atoms with Gasteiger partial charge in [0.1, 0.15) is 5.75 Å². The molecule has 0 aliphatic carbocycles. The standard InChI is InChI=1S/C22H25N3OS/c1-2-6-21-20(5-1)24-22(27-21)26-18-9-7-16(8-10-18)14-25-13-11-19-17(15-25)4-3-12-23-19/h1-2,5-10,17,19,23H,3-4,11-15H2/t17-,19+/m1/s1. The third-order valence-electron chi connectivity index (χ3n) is 5.79. The molecule has 0 unspecified atom stereocenters. The number of fused-ring (bicyclic) bond motifs is 2. The van der Waals surface area contributed by atoms with Crippen molar-refractivity contribution in [2.24, 2.45) is 5.92 Å². The highest BCUT2D eigenvalue weighted by molar-refractivity contribution is 7.20. The van der Waals surface area contributed by atoms with Crippen LogP contribution in [-0.2, 0) is 6.54 Å². The Hall–Kier alpha value is -1.95. The molecule has 2 atom stereocenters. The Bertz CT molecular complexity index is 874. The first-order valence-corrected chi connectivity index (χ1v) is 10.7. The van der Waals surface area contributed by atoms with Gasteiger partial charge in [-0.15, -0.1) is 0 Å². The maximum absolute atomic E-state index is 5.96. The molecule has 2 aliphatic heterocycles. The number of hydrogen-bond acceptors (Lipinski definition) is 5. The van der Waals surface area contributed by atoms with Crippen LogP contribution in [0.4, 0.5) is 0 Å². The van der Waals surface area contributed by atoms with Gasteiger partial charge in [0.05, 0.1) is 10.2 Å². The van der Waals surface area contributed by atoms with Crippen LogP contribution < -0.4 is 10.1 Å². The van der Waals surface area contributed by atoms with E-state index in [2.05, 4.69) is 45.5 Å². The van der Waals surface area contributed by atoms with Crippen LogP contribution in [0.15, 0.2) is 48.5 Å². The summed E-state index contributed by atoms with van der Waals surface area (Å²) in [6.45, 7) is 4.65. The van der Waals surface area contributed by atoms with Gasteiger partial charge in [0.25, 0.3) is 5.19 Å². The third kappa shape index (κ3) is 3.86. The van der Waals surface area contributed by atoms with Crippen molar-refractivity contribution in [1.29, 1.82) is 0 Å². The molecule has 3 aromatic rings. The van der Waals surface area contributed by atoms with E-state index in [4.69, 9.17) is 4.74 Å². The molecule has 1 aromatic heterocycles. The number of benzene rings is 2. The van der Waals surface area contributed by atoms with E-state index in [0.29, 0.717) is 5.19 Å².